The van der Waals surface area contributed by atoms with Gasteiger partial charge in [0, 0.05) is 32.1 Å². The van der Waals surface area contributed by atoms with Crippen molar-refractivity contribution in [3.05, 3.63) is 0 Å². The van der Waals surface area contributed by atoms with Crippen LogP contribution >= 0.6 is 0 Å². The molecule has 1 saturated carbocycles. The van der Waals surface area contributed by atoms with Gasteiger partial charge in [-0.05, 0) is 31.1 Å². The maximum Gasteiger partial charge on any atom is 0.307 e. The standard InChI is InChI=1S/C17H26N2O4/c1-17(2)13(14(17)16(22)23)15(21)18-9-6-11(7-10-18)19-8-4-3-5-12(19)20/h11,13-14H,3-10H2,1-2H3,(H,22,23)/t13-,14+/m1/s1. The number of carboxylic acids is 1. The van der Waals surface area contributed by atoms with E-state index in [1.807, 2.05) is 18.7 Å². The zero-order valence-corrected chi connectivity index (χ0v) is 14.0. The van der Waals surface area contributed by atoms with Gasteiger partial charge in [0.15, 0.2) is 0 Å². The molecule has 0 radical (unpaired) electrons. The van der Waals surface area contributed by atoms with E-state index in [9.17, 15) is 19.5 Å². The Bertz CT molecular complexity index is 523. The first-order valence-corrected chi connectivity index (χ1v) is 8.65. The molecule has 0 spiro atoms. The van der Waals surface area contributed by atoms with Crippen LogP contribution in [0.2, 0.25) is 0 Å². The third-order valence-electron chi connectivity index (χ3n) is 5.94. The zero-order chi connectivity index (χ0) is 16.8. The summed E-state index contributed by atoms with van der Waals surface area (Å²) in [6.07, 6.45) is 4.32. The van der Waals surface area contributed by atoms with Gasteiger partial charge in [0.1, 0.15) is 0 Å². The first kappa shape index (κ1) is 16.3. The number of carboxylic acid groups (broad SMARTS) is 1. The fourth-order valence-electron chi connectivity index (χ4n) is 4.37. The first-order chi connectivity index (χ1) is 10.8. The van der Waals surface area contributed by atoms with E-state index in [4.69, 9.17) is 0 Å². The molecule has 3 aliphatic rings. The minimum atomic E-state index is -0.873. The summed E-state index contributed by atoms with van der Waals surface area (Å²) >= 11 is 0. The number of piperidine rings is 2. The molecular formula is C17H26N2O4. The third-order valence-corrected chi connectivity index (χ3v) is 5.94. The molecule has 128 valence electrons. The Labute approximate surface area is 136 Å². The van der Waals surface area contributed by atoms with E-state index in [0.717, 1.165) is 32.2 Å². The number of carbonyl (C=O) groups excluding carboxylic acids is 2. The number of aliphatic carboxylic acids is 1. The second-order valence-electron chi connectivity index (χ2n) is 7.72. The highest BCUT2D eigenvalue weighted by molar-refractivity contribution is 5.91. The van der Waals surface area contributed by atoms with Crippen molar-refractivity contribution in [1.29, 1.82) is 0 Å². The zero-order valence-electron chi connectivity index (χ0n) is 14.0. The molecule has 6 heteroatoms. The molecule has 6 nitrogen and oxygen atoms in total. The molecule has 0 unspecified atom stereocenters. The minimum absolute atomic E-state index is 0.0224. The molecule has 0 aromatic carbocycles. The molecule has 1 aliphatic carbocycles. The van der Waals surface area contributed by atoms with E-state index < -0.39 is 23.2 Å². The van der Waals surface area contributed by atoms with Crippen molar-refractivity contribution in [2.75, 3.05) is 19.6 Å². The molecule has 2 atom stereocenters. The second kappa shape index (κ2) is 5.80. The van der Waals surface area contributed by atoms with Gasteiger partial charge in [-0.25, -0.2) is 0 Å². The summed E-state index contributed by atoms with van der Waals surface area (Å²) in [6.45, 7) is 5.81. The molecule has 2 saturated heterocycles. The number of hydrogen-bond acceptors (Lipinski definition) is 3. The van der Waals surface area contributed by atoms with Crippen molar-refractivity contribution in [3.8, 4) is 0 Å². The lowest BCUT2D eigenvalue weighted by Gasteiger charge is -2.40. The van der Waals surface area contributed by atoms with Crippen LogP contribution in [0.1, 0.15) is 46.0 Å². The van der Waals surface area contributed by atoms with Crippen molar-refractivity contribution in [3.63, 3.8) is 0 Å². The summed E-state index contributed by atoms with van der Waals surface area (Å²) < 4.78 is 0. The molecule has 0 bridgehead atoms. The average molecular weight is 322 g/mol. The Hall–Kier alpha value is -1.59. The van der Waals surface area contributed by atoms with Crippen LogP contribution in [0.15, 0.2) is 0 Å². The smallest absolute Gasteiger partial charge is 0.307 e. The number of hydrogen-bond donors (Lipinski definition) is 1. The minimum Gasteiger partial charge on any atom is -0.481 e. The van der Waals surface area contributed by atoms with Gasteiger partial charge >= 0.3 is 5.97 Å². The van der Waals surface area contributed by atoms with E-state index in [0.29, 0.717) is 19.5 Å². The molecule has 2 aliphatic heterocycles. The van der Waals surface area contributed by atoms with Crippen molar-refractivity contribution in [2.24, 2.45) is 17.3 Å². The summed E-state index contributed by atoms with van der Waals surface area (Å²) in [5.74, 6) is -1.60. The first-order valence-electron chi connectivity index (χ1n) is 8.65. The van der Waals surface area contributed by atoms with Gasteiger partial charge in [-0.3, -0.25) is 14.4 Å². The van der Waals surface area contributed by atoms with Gasteiger partial charge in [0.25, 0.3) is 0 Å². The van der Waals surface area contributed by atoms with Crippen LogP contribution in [0.25, 0.3) is 0 Å². The van der Waals surface area contributed by atoms with E-state index in [1.54, 1.807) is 4.90 Å². The van der Waals surface area contributed by atoms with E-state index in [-0.39, 0.29) is 17.9 Å². The Morgan fingerprint density at radius 3 is 2.26 bits per heavy atom. The summed E-state index contributed by atoms with van der Waals surface area (Å²) in [6, 6.07) is 0.245. The summed E-state index contributed by atoms with van der Waals surface area (Å²) in [4.78, 5) is 39.7. The van der Waals surface area contributed by atoms with E-state index in [2.05, 4.69) is 0 Å². The van der Waals surface area contributed by atoms with E-state index >= 15 is 0 Å². The summed E-state index contributed by atoms with van der Waals surface area (Å²) in [5, 5.41) is 9.23. The van der Waals surface area contributed by atoms with Gasteiger partial charge in [-0.15, -0.1) is 0 Å². The van der Waals surface area contributed by atoms with Gasteiger partial charge in [0.05, 0.1) is 11.8 Å². The van der Waals surface area contributed by atoms with Gasteiger partial charge in [-0.1, -0.05) is 13.8 Å². The fraction of sp³-hybridized carbons (Fsp3) is 0.824. The van der Waals surface area contributed by atoms with Crippen molar-refractivity contribution in [2.45, 2.75) is 52.0 Å². The molecular weight excluding hydrogens is 296 g/mol. The Morgan fingerprint density at radius 2 is 1.74 bits per heavy atom. The maximum atomic E-state index is 12.6. The number of likely N-dealkylation sites (tertiary alicyclic amines) is 2. The van der Waals surface area contributed by atoms with E-state index in [1.165, 1.54) is 0 Å². The van der Waals surface area contributed by atoms with Crippen LogP contribution in [0, 0.1) is 17.3 Å². The van der Waals surface area contributed by atoms with Crippen LogP contribution in [0.5, 0.6) is 0 Å². The monoisotopic (exact) mass is 322 g/mol. The SMILES string of the molecule is CC1(C)[C@H](C(=O)O)[C@@H]1C(=O)N1CCC(N2CCCCC2=O)CC1. The fourth-order valence-corrected chi connectivity index (χ4v) is 4.37. The van der Waals surface area contributed by atoms with Gasteiger partial charge < -0.3 is 14.9 Å². The molecule has 2 amide bonds. The quantitative estimate of drug-likeness (QED) is 0.851. The Balaban J connectivity index is 1.56. The molecule has 0 aromatic rings. The summed E-state index contributed by atoms with van der Waals surface area (Å²) in [5.41, 5.74) is -0.442. The molecule has 3 rings (SSSR count). The lowest BCUT2D eigenvalue weighted by atomic mass is 9.98. The normalized spacial score (nSPS) is 31.1. The molecule has 0 aromatic heterocycles. The largest absolute Gasteiger partial charge is 0.481 e. The maximum absolute atomic E-state index is 12.6. The lowest BCUT2D eigenvalue weighted by Crippen LogP contribution is -2.50. The number of nitrogens with zero attached hydrogens (tertiary/aromatic N) is 2. The summed E-state index contributed by atoms with van der Waals surface area (Å²) in [7, 11) is 0. The Morgan fingerprint density at radius 1 is 1.09 bits per heavy atom. The highest BCUT2D eigenvalue weighted by atomic mass is 16.4. The predicted octanol–water partition coefficient (Wildman–Crippen LogP) is 1.35. The number of rotatable bonds is 3. The molecule has 1 N–H and O–H groups in total. The predicted molar refractivity (Wildman–Crippen MR) is 83.6 cm³/mol. The molecule has 2 heterocycles. The van der Waals surface area contributed by atoms with Crippen LogP contribution in [-0.2, 0) is 14.4 Å². The lowest BCUT2D eigenvalue weighted by molar-refractivity contribution is -0.143. The highest BCUT2D eigenvalue weighted by Crippen LogP contribution is 2.59. The van der Waals surface area contributed by atoms with Crippen LogP contribution < -0.4 is 0 Å². The van der Waals surface area contributed by atoms with Gasteiger partial charge in [0.2, 0.25) is 11.8 Å². The van der Waals surface area contributed by atoms with Gasteiger partial charge in [-0.2, -0.15) is 0 Å². The molecule has 3 fully saturated rings. The van der Waals surface area contributed by atoms with Crippen LogP contribution in [0.3, 0.4) is 0 Å². The van der Waals surface area contributed by atoms with Crippen molar-refractivity contribution < 1.29 is 19.5 Å². The van der Waals surface area contributed by atoms with Crippen molar-refractivity contribution >= 4 is 17.8 Å². The van der Waals surface area contributed by atoms with Crippen molar-refractivity contribution in [1.82, 2.24) is 9.80 Å². The number of amides is 2. The van der Waals surface area contributed by atoms with Crippen LogP contribution in [0.4, 0.5) is 0 Å². The highest BCUT2D eigenvalue weighted by Gasteiger charge is 2.66. The Kier molecular flexibility index (Phi) is 4.10. The topological polar surface area (TPSA) is 77.9 Å². The molecule has 23 heavy (non-hydrogen) atoms. The second-order valence-corrected chi connectivity index (χ2v) is 7.72. The third kappa shape index (κ3) is 2.83. The number of carbonyl (C=O) groups is 3. The van der Waals surface area contributed by atoms with Crippen LogP contribution in [-0.4, -0.2) is 58.4 Å². The average Bonchev–Trinajstić information content (AvgIpc) is 3.10.